The molecule has 1 saturated heterocycles. The summed E-state index contributed by atoms with van der Waals surface area (Å²) in [6.45, 7) is 0.813. The van der Waals surface area contributed by atoms with Crippen molar-refractivity contribution in [3.8, 4) is 5.75 Å². The summed E-state index contributed by atoms with van der Waals surface area (Å²) in [5.74, 6) is 0.658. The Morgan fingerprint density at radius 2 is 2.28 bits per heavy atom. The van der Waals surface area contributed by atoms with Crippen molar-refractivity contribution in [3.63, 3.8) is 0 Å². The molecule has 1 fully saturated rings. The van der Waals surface area contributed by atoms with Gasteiger partial charge in [0, 0.05) is 12.8 Å². The summed E-state index contributed by atoms with van der Waals surface area (Å²) < 4.78 is 5.30. The van der Waals surface area contributed by atoms with Crippen LogP contribution in [0.1, 0.15) is 29.6 Å². The van der Waals surface area contributed by atoms with E-state index in [4.69, 9.17) is 4.74 Å². The Morgan fingerprint density at radius 1 is 1.39 bits per heavy atom. The minimum absolute atomic E-state index is 0.0460. The van der Waals surface area contributed by atoms with Crippen LogP contribution in [0.25, 0.3) is 0 Å². The van der Waals surface area contributed by atoms with Gasteiger partial charge in [0.15, 0.2) is 0 Å². The molecule has 94 valence electrons. The molecule has 2 aliphatic rings. The average Bonchev–Trinajstić information content (AvgIpc) is 2.57. The third-order valence-corrected chi connectivity index (χ3v) is 3.63. The van der Waals surface area contributed by atoms with Crippen molar-refractivity contribution in [3.05, 3.63) is 23.8 Å². The van der Waals surface area contributed by atoms with Crippen LogP contribution in [0.2, 0.25) is 0 Å². The predicted molar refractivity (Wildman–Crippen MR) is 69.8 cm³/mol. The lowest BCUT2D eigenvalue weighted by Gasteiger charge is -2.32. The highest BCUT2D eigenvalue weighted by atomic mass is 16.5. The van der Waals surface area contributed by atoms with Crippen molar-refractivity contribution in [2.45, 2.75) is 25.3 Å². The summed E-state index contributed by atoms with van der Waals surface area (Å²) in [6.07, 6.45) is 5.14. The van der Waals surface area contributed by atoms with E-state index in [1.54, 1.807) is 7.11 Å². The third kappa shape index (κ3) is 1.68. The molecule has 0 N–H and O–H groups in total. The number of carbonyl (C=O) groups excluding carboxylic acids is 1. The molecule has 2 heterocycles. The molecule has 0 saturated carbocycles. The van der Waals surface area contributed by atoms with Crippen LogP contribution < -0.4 is 4.74 Å². The van der Waals surface area contributed by atoms with Crippen LogP contribution in [-0.2, 0) is 0 Å². The Bertz CT molecular complexity index is 511. The standard InChI is InChI=1S/C14H16N2O2/c1-18-12-7-4-6-11-13(12)14(17)16-8-3-2-5-10(16)9-15-11/h4,6-7,9-10H,2-3,5,8H2,1H3. The van der Waals surface area contributed by atoms with E-state index in [2.05, 4.69) is 4.99 Å². The van der Waals surface area contributed by atoms with Gasteiger partial charge in [-0.25, -0.2) is 0 Å². The Hall–Kier alpha value is -1.84. The van der Waals surface area contributed by atoms with E-state index in [0.717, 1.165) is 25.8 Å². The van der Waals surface area contributed by atoms with Gasteiger partial charge in [-0.05, 0) is 31.4 Å². The summed E-state index contributed by atoms with van der Waals surface area (Å²) >= 11 is 0. The fourth-order valence-corrected chi connectivity index (χ4v) is 2.69. The van der Waals surface area contributed by atoms with Gasteiger partial charge in [0.2, 0.25) is 0 Å². The van der Waals surface area contributed by atoms with Crippen LogP contribution in [0.3, 0.4) is 0 Å². The maximum absolute atomic E-state index is 12.6. The molecule has 18 heavy (non-hydrogen) atoms. The molecule has 1 aromatic rings. The summed E-state index contributed by atoms with van der Waals surface area (Å²) in [7, 11) is 1.59. The number of hydrogen-bond acceptors (Lipinski definition) is 3. The summed E-state index contributed by atoms with van der Waals surface area (Å²) in [6, 6.07) is 5.69. The second-order valence-corrected chi connectivity index (χ2v) is 4.69. The van der Waals surface area contributed by atoms with Crippen molar-refractivity contribution in [2.24, 2.45) is 4.99 Å². The van der Waals surface area contributed by atoms with Gasteiger partial charge >= 0.3 is 0 Å². The van der Waals surface area contributed by atoms with Crippen molar-refractivity contribution in [2.75, 3.05) is 13.7 Å². The van der Waals surface area contributed by atoms with Gasteiger partial charge in [-0.15, -0.1) is 0 Å². The second kappa shape index (κ2) is 4.44. The van der Waals surface area contributed by atoms with Gasteiger partial charge in [0.05, 0.1) is 18.8 Å². The van der Waals surface area contributed by atoms with Gasteiger partial charge in [0.1, 0.15) is 11.3 Å². The Labute approximate surface area is 106 Å². The molecule has 1 aromatic carbocycles. The first-order chi connectivity index (χ1) is 8.81. The molecular formula is C14H16N2O2. The average molecular weight is 244 g/mol. The number of amides is 1. The fraction of sp³-hybridized carbons (Fsp3) is 0.429. The number of aliphatic imine (C=N–C) groups is 1. The summed E-state index contributed by atoms with van der Waals surface area (Å²) in [5.41, 5.74) is 1.31. The summed E-state index contributed by atoms with van der Waals surface area (Å²) in [4.78, 5) is 19.0. The highest BCUT2D eigenvalue weighted by Crippen LogP contribution is 2.33. The smallest absolute Gasteiger partial charge is 0.260 e. The van der Waals surface area contributed by atoms with E-state index in [9.17, 15) is 4.79 Å². The van der Waals surface area contributed by atoms with Crippen molar-refractivity contribution in [1.82, 2.24) is 4.90 Å². The molecule has 1 atom stereocenters. The first-order valence-corrected chi connectivity index (χ1v) is 6.33. The third-order valence-electron chi connectivity index (χ3n) is 3.63. The Kier molecular flexibility index (Phi) is 2.78. The van der Waals surface area contributed by atoms with Gasteiger partial charge < -0.3 is 9.64 Å². The molecule has 0 aromatic heterocycles. The molecular weight excluding hydrogens is 228 g/mol. The zero-order valence-electron chi connectivity index (χ0n) is 10.4. The van der Waals surface area contributed by atoms with Gasteiger partial charge in [-0.1, -0.05) is 6.07 Å². The number of fused-ring (bicyclic) bond motifs is 2. The topological polar surface area (TPSA) is 41.9 Å². The maximum Gasteiger partial charge on any atom is 0.260 e. The van der Waals surface area contributed by atoms with Gasteiger partial charge in [-0.3, -0.25) is 9.79 Å². The monoisotopic (exact) mass is 244 g/mol. The van der Waals surface area contributed by atoms with Crippen LogP contribution in [0.15, 0.2) is 23.2 Å². The molecule has 4 nitrogen and oxygen atoms in total. The number of carbonyl (C=O) groups is 1. The second-order valence-electron chi connectivity index (χ2n) is 4.69. The number of ether oxygens (including phenoxy) is 1. The number of nitrogens with zero attached hydrogens (tertiary/aromatic N) is 2. The molecule has 1 unspecified atom stereocenters. The zero-order valence-corrected chi connectivity index (χ0v) is 10.4. The molecule has 3 rings (SSSR count). The quantitative estimate of drug-likeness (QED) is 0.761. The maximum atomic E-state index is 12.6. The molecule has 2 aliphatic heterocycles. The zero-order chi connectivity index (χ0) is 12.5. The van der Waals surface area contributed by atoms with E-state index >= 15 is 0 Å². The van der Waals surface area contributed by atoms with Gasteiger partial charge in [0.25, 0.3) is 5.91 Å². The van der Waals surface area contributed by atoms with E-state index < -0.39 is 0 Å². The van der Waals surface area contributed by atoms with Crippen molar-refractivity contribution >= 4 is 17.8 Å². The molecule has 4 heteroatoms. The minimum atomic E-state index is 0.0460. The lowest BCUT2D eigenvalue weighted by Crippen LogP contribution is -2.43. The lowest BCUT2D eigenvalue weighted by molar-refractivity contribution is 0.0685. The minimum Gasteiger partial charge on any atom is -0.496 e. The summed E-state index contributed by atoms with van der Waals surface area (Å²) in [5, 5.41) is 0. The number of methoxy groups -OCH3 is 1. The van der Waals surface area contributed by atoms with E-state index in [1.165, 1.54) is 0 Å². The first-order valence-electron chi connectivity index (χ1n) is 6.33. The SMILES string of the molecule is COc1cccc2c1C(=O)N1CCCCC1C=N2. The van der Waals surface area contributed by atoms with Gasteiger partial charge in [-0.2, -0.15) is 0 Å². The number of benzene rings is 1. The highest BCUT2D eigenvalue weighted by molar-refractivity contribution is 6.04. The highest BCUT2D eigenvalue weighted by Gasteiger charge is 2.31. The Morgan fingerprint density at radius 3 is 3.11 bits per heavy atom. The molecule has 0 spiro atoms. The van der Waals surface area contributed by atoms with Crippen molar-refractivity contribution < 1.29 is 9.53 Å². The van der Waals surface area contributed by atoms with Crippen LogP contribution in [0.4, 0.5) is 5.69 Å². The molecule has 1 amide bonds. The lowest BCUT2D eigenvalue weighted by atomic mass is 10.0. The van der Waals surface area contributed by atoms with E-state index in [0.29, 0.717) is 17.0 Å². The number of piperidine rings is 1. The molecule has 0 bridgehead atoms. The fourth-order valence-electron chi connectivity index (χ4n) is 2.69. The molecule has 0 aliphatic carbocycles. The van der Waals surface area contributed by atoms with E-state index in [-0.39, 0.29) is 11.9 Å². The van der Waals surface area contributed by atoms with Crippen LogP contribution in [0.5, 0.6) is 5.75 Å². The van der Waals surface area contributed by atoms with Crippen LogP contribution in [-0.4, -0.2) is 36.7 Å². The number of hydrogen-bond donors (Lipinski definition) is 0. The van der Waals surface area contributed by atoms with Crippen LogP contribution in [0, 0.1) is 0 Å². The molecule has 0 radical (unpaired) electrons. The normalized spacial score (nSPS) is 22.2. The Balaban J connectivity index is 2.10. The van der Waals surface area contributed by atoms with Crippen LogP contribution >= 0.6 is 0 Å². The van der Waals surface area contributed by atoms with E-state index in [1.807, 2.05) is 29.3 Å². The van der Waals surface area contributed by atoms with Crippen molar-refractivity contribution in [1.29, 1.82) is 0 Å². The largest absolute Gasteiger partial charge is 0.496 e. The number of rotatable bonds is 1. The predicted octanol–water partition coefficient (Wildman–Crippen LogP) is 2.41. The first kappa shape index (κ1) is 11.3.